The Morgan fingerprint density at radius 3 is 2.72 bits per heavy atom. The molecule has 1 heterocycles. The number of hydrogen-bond donors (Lipinski definition) is 3. The molecule has 0 radical (unpaired) electrons. The molecule has 0 aliphatic rings. The fourth-order valence-electron chi connectivity index (χ4n) is 2.45. The van der Waals surface area contributed by atoms with Crippen LogP contribution in [0.15, 0.2) is 53.7 Å². The van der Waals surface area contributed by atoms with Gasteiger partial charge in [0.05, 0.1) is 0 Å². The molecule has 3 rings (SSSR count). The molecular weight excluding hydrogens is 414 g/mol. The first-order valence-corrected chi connectivity index (χ1v) is 9.80. The molecule has 3 amide bonds. The maximum atomic E-state index is 12.4. The van der Waals surface area contributed by atoms with Crippen LogP contribution >= 0.6 is 23.4 Å². The maximum Gasteiger partial charge on any atom is 0.318 e. The smallest absolute Gasteiger partial charge is 0.318 e. The van der Waals surface area contributed by atoms with Crippen LogP contribution in [0.5, 0.6) is 5.75 Å². The molecule has 29 heavy (non-hydrogen) atoms. The number of nitrogens with one attached hydrogen (secondary N) is 2. The standard InChI is InChI=1S/C19H18ClN5O3S/c1-11-9-13(7-8-14(11)20)28-10-15-22-19(25-24-15)29-16(17(26)23-18(21)27)12-5-3-2-4-6-12/h2-9,16H,10H2,1H3,(H,22,24,25)(H3,21,23,26,27). The first-order valence-electron chi connectivity index (χ1n) is 8.54. The molecule has 150 valence electrons. The van der Waals surface area contributed by atoms with Gasteiger partial charge in [0.2, 0.25) is 11.1 Å². The Hall–Kier alpha value is -3.04. The highest BCUT2D eigenvalue weighted by Gasteiger charge is 2.25. The summed E-state index contributed by atoms with van der Waals surface area (Å²) in [6.45, 7) is 2.05. The lowest BCUT2D eigenvalue weighted by Gasteiger charge is -2.13. The van der Waals surface area contributed by atoms with E-state index >= 15 is 0 Å². The van der Waals surface area contributed by atoms with Crippen molar-refractivity contribution >= 4 is 35.3 Å². The quantitative estimate of drug-likeness (QED) is 0.493. The van der Waals surface area contributed by atoms with Gasteiger partial charge in [0.1, 0.15) is 17.6 Å². The minimum absolute atomic E-state index is 0.165. The fourth-order valence-corrected chi connectivity index (χ4v) is 3.50. The zero-order chi connectivity index (χ0) is 20.8. The number of halogens is 1. The van der Waals surface area contributed by atoms with Crippen LogP contribution in [0.3, 0.4) is 0 Å². The lowest BCUT2D eigenvalue weighted by Crippen LogP contribution is -2.37. The summed E-state index contributed by atoms with van der Waals surface area (Å²) >= 11 is 7.10. The van der Waals surface area contributed by atoms with Crippen LogP contribution in [0.4, 0.5) is 4.79 Å². The van der Waals surface area contributed by atoms with E-state index in [9.17, 15) is 9.59 Å². The van der Waals surface area contributed by atoms with Gasteiger partial charge in [-0.3, -0.25) is 15.2 Å². The number of hydrogen-bond acceptors (Lipinski definition) is 6. The molecule has 0 saturated heterocycles. The van der Waals surface area contributed by atoms with Crippen molar-refractivity contribution in [1.82, 2.24) is 20.5 Å². The Kier molecular flexibility index (Phi) is 6.73. The summed E-state index contributed by atoms with van der Waals surface area (Å²) in [4.78, 5) is 27.8. The topological polar surface area (TPSA) is 123 Å². The van der Waals surface area contributed by atoms with Crippen LogP contribution in [0.2, 0.25) is 5.02 Å². The number of amides is 3. The van der Waals surface area contributed by atoms with Gasteiger partial charge in [0.25, 0.3) is 0 Å². The lowest BCUT2D eigenvalue weighted by atomic mass is 10.1. The van der Waals surface area contributed by atoms with Crippen LogP contribution in [0, 0.1) is 6.92 Å². The number of rotatable bonds is 7. The summed E-state index contributed by atoms with van der Waals surface area (Å²) in [5.41, 5.74) is 6.68. The number of thioether (sulfide) groups is 1. The molecule has 1 aromatic heterocycles. The zero-order valence-corrected chi connectivity index (χ0v) is 17.0. The normalized spacial score (nSPS) is 11.7. The van der Waals surface area contributed by atoms with Gasteiger partial charge < -0.3 is 10.5 Å². The maximum absolute atomic E-state index is 12.4. The number of nitrogens with two attached hydrogens (primary N) is 1. The number of aryl methyl sites for hydroxylation is 1. The first-order chi connectivity index (χ1) is 13.9. The molecule has 1 unspecified atom stereocenters. The van der Waals surface area contributed by atoms with E-state index in [2.05, 4.69) is 20.5 Å². The minimum atomic E-state index is -0.918. The molecule has 4 N–H and O–H groups in total. The van der Waals surface area contributed by atoms with Crippen LogP contribution in [0.25, 0.3) is 0 Å². The summed E-state index contributed by atoms with van der Waals surface area (Å²) in [6.07, 6.45) is 0. The highest BCUT2D eigenvalue weighted by Crippen LogP contribution is 2.33. The number of benzene rings is 2. The summed E-state index contributed by atoms with van der Waals surface area (Å²) in [5, 5.41) is 9.26. The third-order valence-corrected chi connectivity index (χ3v) is 5.37. The zero-order valence-electron chi connectivity index (χ0n) is 15.4. The number of nitrogens with zero attached hydrogens (tertiary/aromatic N) is 2. The molecule has 10 heteroatoms. The lowest BCUT2D eigenvalue weighted by molar-refractivity contribution is -0.119. The Morgan fingerprint density at radius 1 is 1.28 bits per heavy atom. The van der Waals surface area contributed by atoms with Crippen LogP contribution in [-0.2, 0) is 11.4 Å². The number of aromatic nitrogens is 3. The van der Waals surface area contributed by atoms with Crippen molar-refractivity contribution in [2.45, 2.75) is 23.9 Å². The Balaban J connectivity index is 1.69. The predicted octanol–water partition coefficient (Wildman–Crippen LogP) is 3.37. The number of carbonyl (C=O) groups is 2. The van der Waals surface area contributed by atoms with Crippen molar-refractivity contribution < 1.29 is 14.3 Å². The van der Waals surface area contributed by atoms with Gasteiger partial charge in [-0.05, 0) is 36.2 Å². The molecule has 3 aromatic rings. The molecule has 1 atom stereocenters. The number of urea groups is 1. The van der Waals surface area contributed by atoms with E-state index in [1.165, 1.54) is 0 Å². The first kappa shape index (κ1) is 20.7. The van der Waals surface area contributed by atoms with E-state index < -0.39 is 17.2 Å². The average Bonchev–Trinajstić information content (AvgIpc) is 3.15. The number of primary amides is 1. The second-order valence-corrected chi connectivity index (χ2v) is 7.51. The molecule has 0 aliphatic heterocycles. The molecule has 0 aliphatic carbocycles. The number of carbonyl (C=O) groups excluding carboxylic acids is 2. The number of imide groups is 1. The van der Waals surface area contributed by atoms with Crippen molar-refractivity contribution in [1.29, 1.82) is 0 Å². The third-order valence-electron chi connectivity index (χ3n) is 3.83. The van der Waals surface area contributed by atoms with Gasteiger partial charge >= 0.3 is 6.03 Å². The highest BCUT2D eigenvalue weighted by atomic mass is 35.5. The van der Waals surface area contributed by atoms with Crippen LogP contribution < -0.4 is 15.8 Å². The van der Waals surface area contributed by atoms with Crippen LogP contribution in [-0.4, -0.2) is 27.1 Å². The SMILES string of the molecule is Cc1cc(OCc2nc(SC(C(=O)NC(N)=O)c3ccccc3)n[nH]2)ccc1Cl. The monoisotopic (exact) mass is 431 g/mol. The van der Waals surface area contributed by atoms with Gasteiger partial charge in [0, 0.05) is 5.02 Å². The Labute approximate surface area is 176 Å². The van der Waals surface area contributed by atoms with Gasteiger partial charge in [-0.15, -0.1) is 5.10 Å². The van der Waals surface area contributed by atoms with Gasteiger partial charge in [-0.1, -0.05) is 53.7 Å². The largest absolute Gasteiger partial charge is 0.486 e. The molecular formula is C19H18ClN5O3S. The van der Waals surface area contributed by atoms with E-state index in [1.807, 2.05) is 19.1 Å². The molecule has 2 aromatic carbocycles. The van der Waals surface area contributed by atoms with Crippen molar-refractivity contribution in [3.05, 3.63) is 70.5 Å². The number of H-pyrrole nitrogens is 1. The summed E-state index contributed by atoms with van der Waals surface area (Å²) in [5.74, 6) is 0.593. The Bertz CT molecular complexity index is 1010. The van der Waals surface area contributed by atoms with E-state index in [-0.39, 0.29) is 6.61 Å². The summed E-state index contributed by atoms with van der Waals surface area (Å²) in [7, 11) is 0. The molecule has 0 bridgehead atoms. The Morgan fingerprint density at radius 2 is 2.03 bits per heavy atom. The van der Waals surface area contributed by atoms with Crippen molar-refractivity contribution in [3.8, 4) is 5.75 Å². The summed E-state index contributed by atoms with van der Waals surface area (Å²) < 4.78 is 5.69. The average molecular weight is 432 g/mol. The third kappa shape index (κ3) is 5.72. The van der Waals surface area contributed by atoms with E-state index in [0.717, 1.165) is 17.3 Å². The van der Waals surface area contributed by atoms with Gasteiger partial charge in [0.15, 0.2) is 5.82 Å². The fraction of sp³-hybridized carbons (Fsp3) is 0.158. The highest BCUT2D eigenvalue weighted by molar-refractivity contribution is 8.00. The van der Waals surface area contributed by atoms with E-state index in [0.29, 0.717) is 27.3 Å². The van der Waals surface area contributed by atoms with Gasteiger partial charge in [-0.2, -0.15) is 0 Å². The minimum Gasteiger partial charge on any atom is -0.486 e. The molecule has 0 fully saturated rings. The van der Waals surface area contributed by atoms with Crippen LogP contribution in [0.1, 0.15) is 22.2 Å². The van der Waals surface area contributed by atoms with Crippen molar-refractivity contribution in [2.75, 3.05) is 0 Å². The number of ether oxygens (including phenoxy) is 1. The van der Waals surface area contributed by atoms with E-state index in [1.54, 1.807) is 36.4 Å². The number of aromatic amines is 1. The van der Waals surface area contributed by atoms with Gasteiger partial charge in [-0.25, -0.2) is 9.78 Å². The molecule has 8 nitrogen and oxygen atoms in total. The second kappa shape index (κ2) is 9.44. The summed E-state index contributed by atoms with van der Waals surface area (Å²) in [6, 6.07) is 13.4. The predicted molar refractivity (Wildman–Crippen MR) is 110 cm³/mol. The second-order valence-electron chi connectivity index (χ2n) is 6.03. The molecule has 0 spiro atoms. The van der Waals surface area contributed by atoms with Crippen molar-refractivity contribution in [3.63, 3.8) is 0 Å². The van der Waals surface area contributed by atoms with Crippen molar-refractivity contribution in [2.24, 2.45) is 5.73 Å². The van der Waals surface area contributed by atoms with E-state index in [4.69, 9.17) is 22.1 Å². The molecule has 0 saturated carbocycles.